The molecule has 2 aromatic rings. The summed E-state index contributed by atoms with van der Waals surface area (Å²) in [7, 11) is 1.20. The van der Waals surface area contributed by atoms with Gasteiger partial charge in [0.05, 0.1) is 23.2 Å². The third-order valence-electron chi connectivity index (χ3n) is 3.51. The Balaban J connectivity index is 1.99. The van der Waals surface area contributed by atoms with Crippen LogP contribution in [0.1, 0.15) is 22.3 Å². The smallest absolute Gasteiger partial charge is 0.416 e. The molecule has 1 aromatic heterocycles. The van der Waals surface area contributed by atoms with Crippen molar-refractivity contribution in [2.45, 2.75) is 12.6 Å². The van der Waals surface area contributed by atoms with Crippen LogP contribution >= 0.6 is 11.3 Å². The summed E-state index contributed by atoms with van der Waals surface area (Å²) in [5.74, 6) is -1.11. The summed E-state index contributed by atoms with van der Waals surface area (Å²) in [5.41, 5.74) is -1.85. The van der Waals surface area contributed by atoms with Gasteiger partial charge in [-0.25, -0.2) is 4.79 Å². The third kappa shape index (κ3) is 5.19. The highest BCUT2D eigenvalue weighted by atomic mass is 32.1. The summed E-state index contributed by atoms with van der Waals surface area (Å²) >= 11 is 1.11. The van der Waals surface area contributed by atoms with Crippen LogP contribution in [-0.2, 0) is 15.7 Å². The molecule has 12 heteroatoms. The highest BCUT2D eigenvalue weighted by Crippen LogP contribution is 2.35. The van der Waals surface area contributed by atoms with Crippen molar-refractivity contribution in [2.75, 3.05) is 24.3 Å². The maximum atomic E-state index is 12.7. The molecule has 2 rings (SSSR count). The molecule has 0 aliphatic heterocycles. The maximum Gasteiger partial charge on any atom is 0.416 e. The van der Waals surface area contributed by atoms with Crippen LogP contribution in [0.3, 0.4) is 0 Å². The molecular weight excluding hydrogens is 403 g/mol. The Kier molecular flexibility index (Phi) is 6.57. The number of esters is 1. The number of rotatable bonds is 7. The second-order valence-electron chi connectivity index (χ2n) is 5.37. The first-order valence-corrected chi connectivity index (χ1v) is 8.56. The number of nitro groups is 1. The minimum absolute atomic E-state index is 0.0724. The molecular formula is C16H14F3N3O5S. The molecule has 1 heterocycles. The van der Waals surface area contributed by atoms with Crippen LogP contribution in [0.4, 0.5) is 29.5 Å². The van der Waals surface area contributed by atoms with Gasteiger partial charge in [0.1, 0.15) is 10.7 Å². The molecule has 0 spiro atoms. The first-order valence-electron chi connectivity index (χ1n) is 7.68. The fraction of sp³-hybridized carbons (Fsp3) is 0.250. The first kappa shape index (κ1) is 21.2. The Morgan fingerprint density at radius 3 is 2.61 bits per heavy atom. The van der Waals surface area contributed by atoms with Crippen LogP contribution in [0.15, 0.2) is 29.6 Å². The van der Waals surface area contributed by atoms with E-state index in [0.29, 0.717) is 12.1 Å². The lowest BCUT2D eigenvalue weighted by Crippen LogP contribution is -2.17. The van der Waals surface area contributed by atoms with Crippen LogP contribution in [0.5, 0.6) is 0 Å². The normalized spacial score (nSPS) is 11.0. The van der Waals surface area contributed by atoms with Crippen LogP contribution in [0.25, 0.3) is 0 Å². The molecule has 0 saturated carbocycles. The molecule has 150 valence electrons. The average molecular weight is 417 g/mol. The minimum Gasteiger partial charge on any atom is -0.465 e. The van der Waals surface area contributed by atoms with E-state index in [1.807, 2.05) is 0 Å². The fourth-order valence-corrected chi connectivity index (χ4v) is 2.98. The van der Waals surface area contributed by atoms with E-state index < -0.39 is 34.2 Å². The van der Waals surface area contributed by atoms with E-state index in [4.69, 9.17) is 0 Å². The Morgan fingerprint density at radius 1 is 1.29 bits per heavy atom. The fourth-order valence-electron chi connectivity index (χ4n) is 2.19. The highest BCUT2D eigenvalue weighted by Gasteiger charge is 2.33. The molecule has 0 radical (unpaired) electrons. The van der Waals surface area contributed by atoms with Crippen LogP contribution in [-0.4, -0.2) is 30.5 Å². The van der Waals surface area contributed by atoms with Crippen molar-refractivity contribution < 1.29 is 32.4 Å². The number of nitro benzene ring substituents is 1. The number of alkyl halides is 3. The zero-order valence-corrected chi connectivity index (χ0v) is 15.1. The molecule has 1 amide bonds. The Morgan fingerprint density at radius 2 is 2.00 bits per heavy atom. The van der Waals surface area contributed by atoms with Gasteiger partial charge in [0.25, 0.3) is 5.69 Å². The van der Waals surface area contributed by atoms with E-state index in [9.17, 15) is 32.9 Å². The van der Waals surface area contributed by atoms with Crippen LogP contribution in [0, 0.1) is 10.1 Å². The lowest BCUT2D eigenvalue weighted by molar-refractivity contribution is -0.384. The summed E-state index contributed by atoms with van der Waals surface area (Å²) in [5, 5.41) is 18.0. The maximum absolute atomic E-state index is 12.7. The largest absolute Gasteiger partial charge is 0.465 e. The predicted octanol–water partition coefficient (Wildman–Crippen LogP) is 3.90. The van der Waals surface area contributed by atoms with E-state index in [0.717, 1.165) is 17.4 Å². The number of hydrogen-bond acceptors (Lipinski definition) is 7. The van der Waals surface area contributed by atoms with Crippen molar-refractivity contribution >= 4 is 39.6 Å². The van der Waals surface area contributed by atoms with Gasteiger partial charge in [0, 0.05) is 19.0 Å². The molecule has 28 heavy (non-hydrogen) atoms. The van der Waals surface area contributed by atoms with Gasteiger partial charge in [-0.1, -0.05) is 0 Å². The number of methoxy groups -OCH3 is 1. The molecule has 2 N–H and O–H groups in total. The van der Waals surface area contributed by atoms with Gasteiger partial charge in [0.2, 0.25) is 5.91 Å². The molecule has 8 nitrogen and oxygen atoms in total. The number of nitrogens with zero attached hydrogens (tertiary/aromatic N) is 1. The van der Waals surface area contributed by atoms with Crippen LogP contribution in [0.2, 0.25) is 0 Å². The zero-order valence-electron chi connectivity index (χ0n) is 14.3. The zero-order chi connectivity index (χ0) is 20.9. The second-order valence-corrected chi connectivity index (χ2v) is 6.28. The number of carbonyl (C=O) groups excluding carboxylic acids is 2. The van der Waals surface area contributed by atoms with E-state index >= 15 is 0 Å². The number of thiophene rings is 1. The van der Waals surface area contributed by atoms with Gasteiger partial charge in [-0.05, 0) is 23.6 Å². The number of anilines is 2. The molecule has 0 aliphatic rings. The number of ether oxygens (including phenoxy) is 1. The first-order chi connectivity index (χ1) is 13.1. The number of nitrogens with one attached hydrogen (secondary N) is 2. The summed E-state index contributed by atoms with van der Waals surface area (Å²) in [6.45, 7) is -0.0724. The van der Waals surface area contributed by atoms with Gasteiger partial charge < -0.3 is 15.4 Å². The second kappa shape index (κ2) is 8.69. The molecule has 0 bridgehead atoms. The molecule has 1 aromatic carbocycles. The number of hydrogen-bond donors (Lipinski definition) is 2. The summed E-state index contributed by atoms with van der Waals surface area (Å²) < 4.78 is 42.7. The van der Waals surface area contributed by atoms with Crippen molar-refractivity contribution in [3.63, 3.8) is 0 Å². The van der Waals surface area contributed by atoms with E-state index in [-0.39, 0.29) is 29.2 Å². The van der Waals surface area contributed by atoms with E-state index in [1.54, 1.807) is 5.38 Å². The van der Waals surface area contributed by atoms with Crippen molar-refractivity contribution in [3.8, 4) is 0 Å². The average Bonchev–Trinajstić information content (AvgIpc) is 3.08. The van der Waals surface area contributed by atoms with E-state index in [1.165, 1.54) is 13.2 Å². The van der Waals surface area contributed by atoms with Gasteiger partial charge in [-0.3, -0.25) is 14.9 Å². The quantitative estimate of drug-likeness (QED) is 0.402. The SMILES string of the molecule is COC(=O)c1ccsc1NC(=O)CCNc1ccc(C(F)(F)F)cc1[N+](=O)[O-]. The Bertz CT molecular complexity index is 898. The molecule has 0 unspecified atom stereocenters. The van der Waals surface area contributed by atoms with Gasteiger partial charge in [-0.2, -0.15) is 13.2 Å². The summed E-state index contributed by atoms with van der Waals surface area (Å²) in [6.07, 6.45) is -4.85. The summed E-state index contributed by atoms with van der Waals surface area (Å²) in [6, 6.07) is 3.56. The number of benzene rings is 1. The standard InChI is InChI=1S/C16H14F3N3O5S/c1-27-15(24)10-5-7-28-14(10)21-13(23)4-6-20-11-3-2-9(16(17,18)19)8-12(11)22(25)26/h2-3,5,7-8,20H,4,6H2,1H3,(H,21,23). The van der Waals surface area contributed by atoms with Gasteiger partial charge >= 0.3 is 12.1 Å². The van der Waals surface area contributed by atoms with Crippen LogP contribution < -0.4 is 10.6 Å². The van der Waals surface area contributed by atoms with Crippen molar-refractivity contribution in [2.24, 2.45) is 0 Å². The third-order valence-corrected chi connectivity index (χ3v) is 4.34. The molecule has 0 fully saturated rings. The van der Waals surface area contributed by atoms with Crippen molar-refractivity contribution in [3.05, 3.63) is 50.9 Å². The van der Waals surface area contributed by atoms with E-state index in [2.05, 4.69) is 15.4 Å². The highest BCUT2D eigenvalue weighted by molar-refractivity contribution is 7.14. The molecule has 0 saturated heterocycles. The Hall–Kier alpha value is -3.15. The number of amides is 1. The lowest BCUT2D eigenvalue weighted by Gasteiger charge is -2.10. The summed E-state index contributed by atoms with van der Waals surface area (Å²) in [4.78, 5) is 33.6. The predicted molar refractivity (Wildman–Crippen MR) is 95.5 cm³/mol. The van der Waals surface area contributed by atoms with Gasteiger partial charge in [0.15, 0.2) is 0 Å². The monoisotopic (exact) mass is 417 g/mol. The molecule has 0 aliphatic carbocycles. The van der Waals surface area contributed by atoms with Gasteiger partial charge in [-0.15, -0.1) is 11.3 Å². The van der Waals surface area contributed by atoms with Crippen molar-refractivity contribution in [1.82, 2.24) is 0 Å². The Labute approximate surface area is 160 Å². The lowest BCUT2D eigenvalue weighted by atomic mass is 10.1. The van der Waals surface area contributed by atoms with Crippen molar-refractivity contribution in [1.29, 1.82) is 0 Å². The molecule has 0 atom stereocenters. The number of halogens is 3. The number of carbonyl (C=O) groups is 2. The topological polar surface area (TPSA) is 111 Å². The minimum atomic E-state index is -4.71.